The number of carboxylic acid groups (broad SMARTS) is 1. The minimum atomic E-state index is -0.818. The van der Waals surface area contributed by atoms with Gasteiger partial charge in [0, 0.05) is 39.0 Å². The molecule has 0 saturated carbocycles. The molecule has 1 aromatic heterocycles. The monoisotopic (exact) mass is 368 g/mol. The van der Waals surface area contributed by atoms with Crippen molar-refractivity contribution in [1.82, 2.24) is 19.6 Å². The van der Waals surface area contributed by atoms with Gasteiger partial charge in [0.25, 0.3) is 0 Å². The molecule has 1 amide bonds. The summed E-state index contributed by atoms with van der Waals surface area (Å²) in [7, 11) is 0. The lowest BCUT2D eigenvalue weighted by molar-refractivity contribution is -0.137. The quantitative estimate of drug-likeness (QED) is 0.839. The van der Waals surface area contributed by atoms with E-state index in [1.54, 1.807) is 0 Å². The summed E-state index contributed by atoms with van der Waals surface area (Å²) in [4.78, 5) is 27.6. The second-order valence-corrected chi connectivity index (χ2v) is 7.29. The third kappa shape index (κ3) is 4.03. The molecule has 0 saturated heterocycles. The molecule has 0 radical (unpaired) electrons. The summed E-state index contributed by atoms with van der Waals surface area (Å²) in [5.74, 6) is -0.646. The molecular weight excluding hydrogens is 344 g/mol. The van der Waals surface area contributed by atoms with Gasteiger partial charge in [0.15, 0.2) is 0 Å². The molecule has 142 valence electrons. The molecule has 0 unspecified atom stereocenters. The van der Waals surface area contributed by atoms with Crippen molar-refractivity contribution in [2.45, 2.75) is 45.4 Å². The molecule has 0 spiro atoms. The second kappa shape index (κ2) is 7.52. The zero-order valence-corrected chi connectivity index (χ0v) is 15.3. The number of amides is 1. The number of benzene rings is 1. The van der Waals surface area contributed by atoms with E-state index in [0.29, 0.717) is 32.5 Å². The predicted molar refractivity (Wildman–Crippen MR) is 98.8 cm³/mol. The molecule has 7 heteroatoms. The lowest BCUT2D eigenvalue weighted by atomic mass is 10.1. The van der Waals surface area contributed by atoms with Gasteiger partial charge in [-0.1, -0.05) is 24.3 Å². The standard InChI is InChI=1S/C20H24N4O3/c25-19(7-8-22-12-15-3-1-2-4-16(15)13-22)23-9-10-24-18(14-23)11-17(21-24)5-6-20(26)27/h1-4,11H,5-10,12-14H2,(H,26,27). The van der Waals surface area contributed by atoms with Gasteiger partial charge in [-0.2, -0.15) is 5.10 Å². The van der Waals surface area contributed by atoms with E-state index in [4.69, 9.17) is 5.11 Å². The Labute approximate surface area is 158 Å². The van der Waals surface area contributed by atoms with Crippen LogP contribution in [-0.2, 0) is 42.2 Å². The van der Waals surface area contributed by atoms with Crippen molar-refractivity contribution in [3.8, 4) is 0 Å². The summed E-state index contributed by atoms with van der Waals surface area (Å²) < 4.78 is 1.90. The first-order valence-corrected chi connectivity index (χ1v) is 9.43. The molecule has 0 fully saturated rings. The van der Waals surface area contributed by atoms with Crippen molar-refractivity contribution in [1.29, 1.82) is 0 Å². The van der Waals surface area contributed by atoms with E-state index in [1.165, 1.54) is 11.1 Å². The fraction of sp³-hybridized carbons (Fsp3) is 0.450. The van der Waals surface area contributed by atoms with Gasteiger partial charge >= 0.3 is 5.97 Å². The number of carboxylic acids is 1. The van der Waals surface area contributed by atoms with Crippen LogP contribution < -0.4 is 0 Å². The number of hydrogen-bond donors (Lipinski definition) is 1. The molecule has 2 aromatic rings. The van der Waals surface area contributed by atoms with Crippen LogP contribution in [0.1, 0.15) is 35.4 Å². The summed E-state index contributed by atoms with van der Waals surface area (Å²) in [6.07, 6.45) is 1.03. The Balaban J connectivity index is 1.29. The van der Waals surface area contributed by atoms with Crippen molar-refractivity contribution >= 4 is 11.9 Å². The van der Waals surface area contributed by atoms with Gasteiger partial charge in [-0.3, -0.25) is 19.2 Å². The zero-order valence-electron chi connectivity index (χ0n) is 15.3. The maximum Gasteiger partial charge on any atom is 0.303 e. The molecule has 2 aliphatic heterocycles. The molecule has 0 atom stereocenters. The topological polar surface area (TPSA) is 78.7 Å². The Morgan fingerprint density at radius 1 is 1.04 bits per heavy atom. The summed E-state index contributed by atoms with van der Waals surface area (Å²) >= 11 is 0. The molecule has 4 rings (SSSR count). The first-order chi connectivity index (χ1) is 13.1. The molecule has 27 heavy (non-hydrogen) atoms. The van der Waals surface area contributed by atoms with E-state index in [2.05, 4.69) is 34.3 Å². The number of nitrogens with zero attached hydrogens (tertiary/aromatic N) is 4. The van der Waals surface area contributed by atoms with Crippen LogP contribution in [-0.4, -0.2) is 49.7 Å². The number of hydrogen-bond acceptors (Lipinski definition) is 4. The van der Waals surface area contributed by atoms with Crippen LogP contribution in [0.3, 0.4) is 0 Å². The maximum atomic E-state index is 12.7. The fourth-order valence-electron chi connectivity index (χ4n) is 3.87. The molecule has 1 aromatic carbocycles. The third-order valence-electron chi connectivity index (χ3n) is 5.34. The number of aromatic nitrogens is 2. The Morgan fingerprint density at radius 3 is 2.48 bits per heavy atom. The largest absolute Gasteiger partial charge is 0.481 e. The van der Waals surface area contributed by atoms with Gasteiger partial charge in [-0.25, -0.2) is 0 Å². The van der Waals surface area contributed by atoms with Crippen LogP contribution in [0.2, 0.25) is 0 Å². The normalized spacial score (nSPS) is 16.2. The van der Waals surface area contributed by atoms with Gasteiger partial charge in [0.1, 0.15) is 0 Å². The number of carbonyl (C=O) groups excluding carboxylic acids is 1. The van der Waals surface area contributed by atoms with Gasteiger partial charge in [0.2, 0.25) is 5.91 Å². The van der Waals surface area contributed by atoms with Gasteiger partial charge in [0.05, 0.1) is 30.9 Å². The lowest BCUT2D eigenvalue weighted by Gasteiger charge is -2.28. The maximum absolute atomic E-state index is 12.7. The highest BCUT2D eigenvalue weighted by molar-refractivity contribution is 5.76. The van der Waals surface area contributed by atoms with Crippen molar-refractivity contribution < 1.29 is 14.7 Å². The highest BCUT2D eigenvalue weighted by Gasteiger charge is 2.24. The fourth-order valence-corrected chi connectivity index (χ4v) is 3.87. The van der Waals surface area contributed by atoms with E-state index in [9.17, 15) is 9.59 Å². The van der Waals surface area contributed by atoms with Crippen LogP contribution in [0.5, 0.6) is 0 Å². The summed E-state index contributed by atoms with van der Waals surface area (Å²) in [6.45, 7) is 4.49. The van der Waals surface area contributed by atoms with Crippen molar-refractivity contribution in [2.24, 2.45) is 0 Å². The molecule has 2 aliphatic rings. The first kappa shape index (κ1) is 17.7. The number of aryl methyl sites for hydroxylation is 1. The highest BCUT2D eigenvalue weighted by atomic mass is 16.4. The van der Waals surface area contributed by atoms with E-state index in [0.717, 1.165) is 31.0 Å². The molecular formula is C20H24N4O3. The van der Waals surface area contributed by atoms with Crippen molar-refractivity contribution in [2.75, 3.05) is 13.1 Å². The molecule has 1 N–H and O–H groups in total. The Bertz CT molecular complexity index is 836. The molecule has 7 nitrogen and oxygen atoms in total. The first-order valence-electron chi connectivity index (χ1n) is 9.43. The third-order valence-corrected chi connectivity index (χ3v) is 5.34. The van der Waals surface area contributed by atoms with E-state index in [1.807, 2.05) is 15.6 Å². The van der Waals surface area contributed by atoms with E-state index in [-0.39, 0.29) is 12.3 Å². The average molecular weight is 368 g/mol. The van der Waals surface area contributed by atoms with Crippen molar-refractivity contribution in [3.05, 3.63) is 52.8 Å². The van der Waals surface area contributed by atoms with Crippen LogP contribution in [0.25, 0.3) is 0 Å². The van der Waals surface area contributed by atoms with Gasteiger partial charge < -0.3 is 10.0 Å². The van der Waals surface area contributed by atoms with Gasteiger partial charge in [-0.05, 0) is 17.2 Å². The minimum Gasteiger partial charge on any atom is -0.481 e. The zero-order chi connectivity index (χ0) is 18.8. The van der Waals surface area contributed by atoms with E-state index >= 15 is 0 Å². The van der Waals surface area contributed by atoms with Crippen LogP contribution in [0, 0.1) is 0 Å². The smallest absolute Gasteiger partial charge is 0.303 e. The molecule has 3 heterocycles. The summed E-state index contributed by atoms with van der Waals surface area (Å²) in [6, 6.07) is 10.4. The Kier molecular flexibility index (Phi) is 4.94. The molecule has 0 bridgehead atoms. The van der Waals surface area contributed by atoms with Crippen LogP contribution in [0.4, 0.5) is 0 Å². The number of carbonyl (C=O) groups is 2. The molecule has 0 aliphatic carbocycles. The minimum absolute atomic E-state index is 0.0807. The summed E-state index contributed by atoms with van der Waals surface area (Å²) in [5.41, 5.74) is 4.50. The predicted octanol–water partition coefficient (Wildman–Crippen LogP) is 1.65. The van der Waals surface area contributed by atoms with Crippen LogP contribution >= 0.6 is 0 Å². The second-order valence-electron chi connectivity index (χ2n) is 7.29. The number of rotatable bonds is 6. The number of aliphatic carboxylic acids is 1. The highest BCUT2D eigenvalue weighted by Crippen LogP contribution is 2.22. The Morgan fingerprint density at radius 2 is 1.78 bits per heavy atom. The number of fused-ring (bicyclic) bond motifs is 2. The average Bonchev–Trinajstić information content (AvgIpc) is 3.26. The van der Waals surface area contributed by atoms with E-state index < -0.39 is 5.97 Å². The van der Waals surface area contributed by atoms with Crippen LogP contribution in [0.15, 0.2) is 30.3 Å². The van der Waals surface area contributed by atoms with Crippen molar-refractivity contribution in [3.63, 3.8) is 0 Å². The van der Waals surface area contributed by atoms with Gasteiger partial charge in [-0.15, -0.1) is 0 Å². The lowest BCUT2D eigenvalue weighted by Crippen LogP contribution is -2.39. The summed E-state index contributed by atoms with van der Waals surface area (Å²) in [5, 5.41) is 13.3. The Hall–Kier alpha value is -2.67. The SMILES string of the molecule is O=C(O)CCc1cc2n(n1)CCN(C(=O)CCN1Cc3ccccc3C1)C2.